The van der Waals surface area contributed by atoms with Crippen LogP contribution in [0.25, 0.3) is 0 Å². The normalized spacial score (nSPS) is 18.6. The molecule has 0 unspecified atom stereocenters. The number of anilines is 1. The van der Waals surface area contributed by atoms with Crippen LogP contribution in [-0.2, 0) is 6.18 Å². The van der Waals surface area contributed by atoms with Crippen molar-refractivity contribution in [3.63, 3.8) is 0 Å². The van der Waals surface area contributed by atoms with Crippen molar-refractivity contribution in [3.05, 3.63) is 29.8 Å². The summed E-state index contributed by atoms with van der Waals surface area (Å²) in [6.07, 6.45) is -2.15. The minimum atomic E-state index is -4.37. The zero-order chi connectivity index (χ0) is 12.5. The van der Waals surface area contributed by atoms with Crippen LogP contribution < -0.4 is 5.32 Å². The van der Waals surface area contributed by atoms with Gasteiger partial charge in [-0.05, 0) is 31.4 Å². The van der Waals surface area contributed by atoms with Crippen LogP contribution in [0.15, 0.2) is 24.3 Å². The molecule has 2 N–H and O–H groups in total. The lowest BCUT2D eigenvalue weighted by Crippen LogP contribution is -2.43. The summed E-state index contributed by atoms with van der Waals surface area (Å²) in [4.78, 5) is 0. The maximum absolute atomic E-state index is 12.7. The van der Waals surface area contributed by atoms with Gasteiger partial charge in [0.05, 0.1) is 11.2 Å². The van der Waals surface area contributed by atoms with E-state index in [1.165, 1.54) is 12.1 Å². The molecule has 2 rings (SSSR count). The first-order valence-corrected chi connectivity index (χ1v) is 5.53. The Bertz CT molecular complexity index is 399. The second kappa shape index (κ2) is 4.22. The predicted octanol–water partition coefficient (Wildman–Crippen LogP) is 3.03. The van der Waals surface area contributed by atoms with Crippen molar-refractivity contribution in [2.75, 3.05) is 11.9 Å². The van der Waals surface area contributed by atoms with Gasteiger partial charge in [0.1, 0.15) is 0 Å². The van der Waals surface area contributed by atoms with Crippen molar-refractivity contribution >= 4 is 5.69 Å². The molecular weight excluding hydrogens is 231 g/mol. The number of aliphatic hydroxyl groups is 1. The van der Waals surface area contributed by atoms with E-state index in [0.717, 1.165) is 12.5 Å². The molecule has 0 aliphatic heterocycles. The molecule has 0 heterocycles. The molecule has 5 heteroatoms. The van der Waals surface area contributed by atoms with E-state index in [1.807, 2.05) is 0 Å². The molecule has 0 atom stereocenters. The summed E-state index contributed by atoms with van der Waals surface area (Å²) in [5.41, 5.74) is -1.50. The Balaban J connectivity index is 2.10. The minimum absolute atomic E-state index is 0.0281. The fourth-order valence-corrected chi connectivity index (χ4v) is 1.91. The third kappa shape index (κ3) is 2.72. The Morgan fingerprint density at radius 3 is 2.41 bits per heavy atom. The molecule has 1 aromatic carbocycles. The molecular formula is C12H14F3NO. The van der Waals surface area contributed by atoms with Crippen molar-refractivity contribution in [2.45, 2.75) is 31.0 Å². The highest BCUT2D eigenvalue weighted by molar-refractivity contribution is 5.52. The van der Waals surface area contributed by atoms with Crippen LogP contribution in [0, 0.1) is 0 Å². The third-order valence-corrected chi connectivity index (χ3v) is 3.12. The molecule has 0 radical (unpaired) electrons. The van der Waals surface area contributed by atoms with E-state index >= 15 is 0 Å². The second-order valence-corrected chi connectivity index (χ2v) is 4.47. The molecule has 1 saturated carbocycles. The van der Waals surface area contributed by atoms with Crippen molar-refractivity contribution < 1.29 is 18.3 Å². The molecule has 0 aromatic heterocycles. The summed E-state index contributed by atoms with van der Waals surface area (Å²) >= 11 is 0. The Morgan fingerprint density at radius 2 is 1.88 bits per heavy atom. The fraction of sp³-hybridized carbons (Fsp3) is 0.500. The average Bonchev–Trinajstić information content (AvgIpc) is 2.23. The molecule has 1 fully saturated rings. The van der Waals surface area contributed by atoms with Gasteiger partial charge >= 0.3 is 6.18 Å². The number of benzene rings is 1. The molecule has 1 aromatic rings. The quantitative estimate of drug-likeness (QED) is 0.857. The number of hydrogen-bond donors (Lipinski definition) is 2. The summed E-state index contributed by atoms with van der Waals surface area (Å²) in [6, 6.07) is 5.31. The van der Waals surface area contributed by atoms with Crippen LogP contribution in [0.3, 0.4) is 0 Å². The van der Waals surface area contributed by atoms with Crippen molar-refractivity contribution in [2.24, 2.45) is 0 Å². The van der Waals surface area contributed by atoms with Gasteiger partial charge in [-0.1, -0.05) is 12.1 Å². The Morgan fingerprint density at radius 1 is 1.24 bits per heavy atom. The zero-order valence-corrected chi connectivity index (χ0v) is 9.22. The highest BCUT2D eigenvalue weighted by Gasteiger charge is 2.36. The average molecular weight is 245 g/mol. The third-order valence-electron chi connectivity index (χ3n) is 3.12. The molecule has 0 spiro atoms. The number of alkyl halides is 3. The SMILES string of the molecule is OC1(CNc2ccccc2C(F)(F)F)CCC1. The van der Waals surface area contributed by atoms with E-state index in [9.17, 15) is 18.3 Å². The summed E-state index contributed by atoms with van der Waals surface area (Å²) < 4.78 is 38.0. The Labute approximate surface area is 97.5 Å². The molecule has 17 heavy (non-hydrogen) atoms. The summed E-state index contributed by atoms with van der Waals surface area (Å²) in [5.74, 6) is 0. The molecule has 0 bridgehead atoms. The smallest absolute Gasteiger partial charge is 0.388 e. The van der Waals surface area contributed by atoms with Crippen LogP contribution >= 0.6 is 0 Å². The van der Waals surface area contributed by atoms with Crippen LogP contribution in [-0.4, -0.2) is 17.3 Å². The number of hydrogen-bond acceptors (Lipinski definition) is 2. The van der Waals surface area contributed by atoms with E-state index in [1.54, 1.807) is 6.07 Å². The van der Waals surface area contributed by atoms with Crippen LogP contribution in [0.4, 0.5) is 18.9 Å². The highest BCUT2D eigenvalue weighted by atomic mass is 19.4. The molecule has 0 amide bonds. The van der Waals surface area contributed by atoms with Crippen LogP contribution in [0.1, 0.15) is 24.8 Å². The number of nitrogens with one attached hydrogen (secondary N) is 1. The van der Waals surface area contributed by atoms with E-state index in [4.69, 9.17) is 0 Å². The standard InChI is InChI=1S/C12H14F3NO/c13-12(14,15)9-4-1-2-5-10(9)16-8-11(17)6-3-7-11/h1-2,4-5,16-17H,3,6-8H2. The van der Waals surface area contributed by atoms with Gasteiger partial charge in [-0.25, -0.2) is 0 Å². The monoisotopic (exact) mass is 245 g/mol. The first-order valence-electron chi connectivity index (χ1n) is 5.53. The zero-order valence-electron chi connectivity index (χ0n) is 9.22. The summed E-state index contributed by atoms with van der Waals surface area (Å²) in [7, 11) is 0. The van der Waals surface area contributed by atoms with Gasteiger partial charge in [-0.2, -0.15) is 13.2 Å². The molecule has 2 nitrogen and oxygen atoms in total. The van der Waals surface area contributed by atoms with Crippen molar-refractivity contribution in [1.82, 2.24) is 0 Å². The number of halogens is 3. The second-order valence-electron chi connectivity index (χ2n) is 4.47. The largest absolute Gasteiger partial charge is 0.418 e. The molecule has 1 aliphatic carbocycles. The van der Waals surface area contributed by atoms with E-state index in [-0.39, 0.29) is 12.2 Å². The first kappa shape index (κ1) is 12.2. The Hall–Kier alpha value is -1.23. The lowest BCUT2D eigenvalue weighted by Gasteiger charge is -2.37. The van der Waals surface area contributed by atoms with Crippen LogP contribution in [0.2, 0.25) is 0 Å². The fourth-order valence-electron chi connectivity index (χ4n) is 1.91. The van der Waals surface area contributed by atoms with Gasteiger partial charge < -0.3 is 10.4 Å². The van der Waals surface area contributed by atoms with Crippen LogP contribution in [0.5, 0.6) is 0 Å². The molecule has 94 valence electrons. The van der Waals surface area contributed by atoms with E-state index in [0.29, 0.717) is 12.8 Å². The van der Waals surface area contributed by atoms with Crippen molar-refractivity contribution in [3.8, 4) is 0 Å². The number of rotatable bonds is 3. The number of para-hydroxylation sites is 1. The maximum Gasteiger partial charge on any atom is 0.418 e. The highest BCUT2D eigenvalue weighted by Crippen LogP contribution is 2.36. The van der Waals surface area contributed by atoms with Crippen molar-refractivity contribution in [1.29, 1.82) is 0 Å². The van der Waals surface area contributed by atoms with E-state index in [2.05, 4.69) is 5.32 Å². The van der Waals surface area contributed by atoms with Gasteiger partial charge in [-0.3, -0.25) is 0 Å². The lowest BCUT2D eigenvalue weighted by molar-refractivity contribution is -0.137. The molecule has 1 aliphatic rings. The maximum atomic E-state index is 12.7. The summed E-state index contributed by atoms with van der Waals surface area (Å²) in [5, 5.41) is 12.5. The Kier molecular flexibility index (Phi) is 3.03. The minimum Gasteiger partial charge on any atom is -0.388 e. The van der Waals surface area contributed by atoms with Gasteiger partial charge in [0.15, 0.2) is 0 Å². The lowest BCUT2D eigenvalue weighted by atomic mass is 9.80. The predicted molar refractivity (Wildman–Crippen MR) is 58.7 cm³/mol. The molecule has 0 saturated heterocycles. The topological polar surface area (TPSA) is 32.3 Å². The van der Waals surface area contributed by atoms with E-state index < -0.39 is 17.3 Å². The van der Waals surface area contributed by atoms with Gasteiger partial charge in [-0.15, -0.1) is 0 Å². The van der Waals surface area contributed by atoms with Gasteiger partial charge in [0.2, 0.25) is 0 Å². The summed E-state index contributed by atoms with van der Waals surface area (Å²) in [6.45, 7) is 0.167. The van der Waals surface area contributed by atoms with Gasteiger partial charge in [0.25, 0.3) is 0 Å². The van der Waals surface area contributed by atoms with Gasteiger partial charge in [0, 0.05) is 12.2 Å². The first-order chi connectivity index (χ1) is 7.91.